The third-order valence-electron chi connectivity index (χ3n) is 4.90. The molecule has 1 amide bonds. The number of hydrogen-bond donors (Lipinski definition) is 1. The van der Waals surface area contributed by atoms with E-state index >= 15 is 0 Å². The van der Waals surface area contributed by atoms with Gasteiger partial charge in [0.15, 0.2) is 11.6 Å². The van der Waals surface area contributed by atoms with Gasteiger partial charge in [0.1, 0.15) is 5.82 Å². The second kappa shape index (κ2) is 8.58. The van der Waals surface area contributed by atoms with Gasteiger partial charge < -0.3 is 15.1 Å². The quantitative estimate of drug-likeness (QED) is 0.685. The van der Waals surface area contributed by atoms with Gasteiger partial charge in [0, 0.05) is 37.9 Å². The van der Waals surface area contributed by atoms with Crippen LogP contribution >= 0.6 is 0 Å². The zero-order valence-electron chi connectivity index (χ0n) is 16.4. The van der Waals surface area contributed by atoms with Crippen LogP contribution in [0.2, 0.25) is 0 Å². The Morgan fingerprint density at radius 2 is 1.71 bits per heavy atom. The van der Waals surface area contributed by atoms with Crippen LogP contribution in [-0.4, -0.2) is 52.2 Å². The van der Waals surface area contributed by atoms with Crippen molar-refractivity contribution >= 4 is 23.4 Å². The normalized spacial score (nSPS) is 14.4. The van der Waals surface area contributed by atoms with Crippen LogP contribution < -0.4 is 10.2 Å². The summed E-state index contributed by atoms with van der Waals surface area (Å²) in [6, 6.07) is 13.6. The summed E-state index contributed by atoms with van der Waals surface area (Å²) in [4.78, 5) is 20.3. The summed E-state index contributed by atoms with van der Waals surface area (Å²) in [6.07, 6.45) is -2.81. The highest BCUT2D eigenvalue weighted by atomic mass is 19.4. The summed E-state index contributed by atoms with van der Waals surface area (Å²) < 4.78 is 38.7. The number of aromatic nitrogens is 3. The van der Waals surface area contributed by atoms with E-state index in [9.17, 15) is 18.0 Å². The van der Waals surface area contributed by atoms with Crippen LogP contribution in [0.5, 0.6) is 0 Å². The molecule has 0 atom stereocenters. The maximum absolute atomic E-state index is 12.9. The van der Waals surface area contributed by atoms with Gasteiger partial charge in [-0.05, 0) is 42.5 Å². The van der Waals surface area contributed by atoms with Gasteiger partial charge in [-0.3, -0.25) is 4.79 Å². The van der Waals surface area contributed by atoms with Gasteiger partial charge >= 0.3 is 6.18 Å². The summed E-state index contributed by atoms with van der Waals surface area (Å²) in [5.74, 6) is 1.47. The van der Waals surface area contributed by atoms with E-state index in [0.717, 1.165) is 12.1 Å². The van der Waals surface area contributed by atoms with Gasteiger partial charge in [-0.2, -0.15) is 13.2 Å². The van der Waals surface area contributed by atoms with E-state index in [1.165, 1.54) is 12.1 Å². The van der Waals surface area contributed by atoms with Crippen LogP contribution in [0.1, 0.15) is 15.9 Å². The first kappa shape index (κ1) is 20.6. The molecule has 31 heavy (non-hydrogen) atoms. The summed E-state index contributed by atoms with van der Waals surface area (Å²) in [5.41, 5.74) is -0.792. The highest BCUT2D eigenvalue weighted by Gasteiger charge is 2.31. The molecule has 1 aromatic carbocycles. The van der Waals surface area contributed by atoms with E-state index in [1.807, 2.05) is 29.2 Å². The van der Waals surface area contributed by atoms with Crippen molar-refractivity contribution in [2.24, 2.45) is 0 Å². The Hall–Kier alpha value is -3.69. The number of rotatable bonds is 4. The third-order valence-corrected chi connectivity index (χ3v) is 4.90. The highest BCUT2D eigenvalue weighted by molar-refractivity contribution is 5.94. The molecule has 2 aromatic heterocycles. The average molecular weight is 428 g/mol. The first-order valence-corrected chi connectivity index (χ1v) is 9.63. The number of carbonyl (C=O) groups is 1. The summed E-state index contributed by atoms with van der Waals surface area (Å²) >= 11 is 0. The molecule has 10 heteroatoms. The van der Waals surface area contributed by atoms with Crippen molar-refractivity contribution in [2.45, 2.75) is 6.18 Å². The van der Waals surface area contributed by atoms with Gasteiger partial charge in [-0.25, -0.2) is 4.98 Å². The molecule has 1 N–H and O–H groups in total. The number of halogens is 3. The molecule has 0 spiro atoms. The molecule has 0 bridgehead atoms. The number of alkyl halides is 3. The van der Waals surface area contributed by atoms with Gasteiger partial charge in [-0.1, -0.05) is 12.1 Å². The monoisotopic (exact) mass is 428 g/mol. The summed E-state index contributed by atoms with van der Waals surface area (Å²) in [7, 11) is 0. The van der Waals surface area contributed by atoms with E-state index < -0.39 is 17.6 Å². The van der Waals surface area contributed by atoms with Gasteiger partial charge in [0.05, 0.1) is 5.56 Å². The van der Waals surface area contributed by atoms with Crippen molar-refractivity contribution in [1.82, 2.24) is 20.1 Å². The Kier molecular flexibility index (Phi) is 5.70. The minimum atomic E-state index is -4.48. The van der Waals surface area contributed by atoms with Gasteiger partial charge in [0.2, 0.25) is 0 Å². The average Bonchev–Trinajstić information content (AvgIpc) is 2.79. The number of amides is 1. The number of benzene rings is 1. The number of carbonyl (C=O) groups excluding carboxylic acids is 1. The third kappa shape index (κ3) is 4.90. The summed E-state index contributed by atoms with van der Waals surface area (Å²) in [6.45, 7) is 1.77. The molecule has 7 nitrogen and oxygen atoms in total. The minimum absolute atomic E-state index is 0.0352. The number of nitrogens with one attached hydrogen (secondary N) is 1. The molecule has 0 radical (unpaired) electrons. The van der Waals surface area contributed by atoms with Crippen molar-refractivity contribution in [3.63, 3.8) is 0 Å². The lowest BCUT2D eigenvalue weighted by Crippen LogP contribution is -2.49. The lowest BCUT2D eigenvalue weighted by Gasteiger charge is -2.35. The topological polar surface area (TPSA) is 74.2 Å². The molecule has 0 saturated carbocycles. The van der Waals surface area contributed by atoms with Crippen molar-refractivity contribution in [3.05, 3.63) is 71.9 Å². The van der Waals surface area contributed by atoms with Crippen molar-refractivity contribution < 1.29 is 18.0 Å². The molecule has 4 rings (SSSR count). The van der Waals surface area contributed by atoms with Crippen LogP contribution in [0.15, 0.2) is 60.8 Å². The van der Waals surface area contributed by atoms with Crippen LogP contribution in [0.4, 0.5) is 30.6 Å². The predicted octanol–water partition coefficient (Wildman–Crippen LogP) is 3.60. The maximum Gasteiger partial charge on any atom is 0.416 e. The van der Waals surface area contributed by atoms with Crippen LogP contribution in [0.3, 0.4) is 0 Å². The fourth-order valence-corrected chi connectivity index (χ4v) is 3.28. The van der Waals surface area contributed by atoms with Crippen molar-refractivity contribution in [2.75, 3.05) is 36.4 Å². The Morgan fingerprint density at radius 3 is 2.35 bits per heavy atom. The van der Waals surface area contributed by atoms with Crippen molar-refractivity contribution in [3.8, 4) is 0 Å². The fraction of sp³-hybridized carbons (Fsp3) is 0.238. The SMILES string of the molecule is O=C(c1cccc(C(F)(F)F)c1)N1CCN(c2ccc(Nc3ccccn3)nn2)CC1. The largest absolute Gasteiger partial charge is 0.416 e. The van der Waals surface area contributed by atoms with Crippen molar-refractivity contribution in [1.29, 1.82) is 0 Å². The van der Waals surface area contributed by atoms with E-state index in [2.05, 4.69) is 20.5 Å². The molecule has 1 saturated heterocycles. The Morgan fingerprint density at radius 1 is 0.903 bits per heavy atom. The minimum Gasteiger partial charge on any atom is -0.352 e. The van der Waals surface area contributed by atoms with E-state index in [1.54, 1.807) is 17.2 Å². The lowest BCUT2D eigenvalue weighted by atomic mass is 10.1. The Bertz CT molecular complexity index is 1030. The van der Waals surface area contributed by atoms with E-state index in [0.29, 0.717) is 43.6 Å². The maximum atomic E-state index is 12.9. The second-order valence-electron chi connectivity index (χ2n) is 6.97. The number of nitrogens with zero attached hydrogens (tertiary/aromatic N) is 5. The number of hydrogen-bond acceptors (Lipinski definition) is 6. The van der Waals surface area contributed by atoms with Gasteiger partial charge in [-0.15, -0.1) is 10.2 Å². The smallest absolute Gasteiger partial charge is 0.352 e. The molecule has 1 aliphatic heterocycles. The van der Waals surface area contributed by atoms with Crippen LogP contribution in [-0.2, 0) is 6.18 Å². The number of pyridine rings is 1. The highest BCUT2D eigenvalue weighted by Crippen LogP contribution is 2.30. The fourth-order valence-electron chi connectivity index (χ4n) is 3.28. The zero-order chi connectivity index (χ0) is 21.8. The molecule has 3 heterocycles. The predicted molar refractivity (Wildman–Crippen MR) is 109 cm³/mol. The molecular weight excluding hydrogens is 409 g/mol. The molecule has 160 valence electrons. The number of anilines is 3. The van der Waals surface area contributed by atoms with Crippen LogP contribution in [0.25, 0.3) is 0 Å². The molecule has 1 fully saturated rings. The van der Waals surface area contributed by atoms with E-state index in [4.69, 9.17) is 0 Å². The Balaban J connectivity index is 1.36. The first-order chi connectivity index (χ1) is 14.9. The molecule has 1 aliphatic rings. The second-order valence-corrected chi connectivity index (χ2v) is 6.97. The lowest BCUT2D eigenvalue weighted by molar-refractivity contribution is -0.137. The zero-order valence-corrected chi connectivity index (χ0v) is 16.4. The molecule has 3 aromatic rings. The van der Waals surface area contributed by atoms with Gasteiger partial charge in [0.25, 0.3) is 5.91 Å². The molecule has 0 unspecified atom stereocenters. The Labute approximate surface area is 176 Å². The standard InChI is InChI=1S/C21H19F3N6O/c22-21(23,24)16-5-3-4-15(14-16)20(31)30-12-10-29(11-13-30)19-8-7-18(27-28-19)26-17-6-1-2-9-25-17/h1-9,14H,10-13H2,(H,25,26,27). The van der Waals surface area contributed by atoms with Crippen LogP contribution in [0, 0.1) is 0 Å². The number of piperazine rings is 1. The molecule has 0 aliphatic carbocycles. The first-order valence-electron chi connectivity index (χ1n) is 9.63. The molecular formula is C21H19F3N6O. The van der Waals surface area contributed by atoms with E-state index in [-0.39, 0.29) is 5.56 Å². The summed E-state index contributed by atoms with van der Waals surface area (Å²) in [5, 5.41) is 11.4.